The van der Waals surface area contributed by atoms with Crippen molar-refractivity contribution in [2.45, 2.75) is 32.6 Å². The molecule has 0 saturated heterocycles. The molecule has 1 unspecified atom stereocenters. The minimum absolute atomic E-state index is 0.0709. The Labute approximate surface area is 177 Å². The lowest BCUT2D eigenvalue weighted by atomic mass is 9.69. The Morgan fingerprint density at radius 1 is 1.33 bits per heavy atom. The summed E-state index contributed by atoms with van der Waals surface area (Å²) in [5.74, 6) is 0.0443. The minimum Gasteiger partial charge on any atom is -0.374 e. The van der Waals surface area contributed by atoms with Crippen LogP contribution in [0.2, 0.25) is 0 Å². The van der Waals surface area contributed by atoms with E-state index in [9.17, 15) is 4.79 Å². The summed E-state index contributed by atoms with van der Waals surface area (Å²) in [6.45, 7) is 5.66. The number of nitrogens with zero attached hydrogens (tertiary/aromatic N) is 2. The molecule has 158 valence electrons. The third kappa shape index (κ3) is 3.85. The van der Waals surface area contributed by atoms with Crippen molar-refractivity contribution >= 4 is 17.5 Å². The van der Waals surface area contributed by atoms with Gasteiger partial charge in [-0.05, 0) is 41.7 Å². The molecule has 2 aromatic rings. The zero-order valence-electron chi connectivity index (χ0n) is 17.9. The van der Waals surface area contributed by atoms with Crippen molar-refractivity contribution in [3.8, 4) is 0 Å². The number of pyridine rings is 1. The summed E-state index contributed by atoms with van der Waals surface area (Å²) in [6.07, 6.45) is 7.31. The van der Waals surface area contributed by atoms with Crippen molar-refractivity contribution < 1.29 is 9.53 Å². The Bertz CT molecular complexity index is 1060. The fraction of sp³-hybridized carbons (Fsp3) is 0.417. The third-order valence-corrected chi connectivity index (χ3v) is 5.83. The summed E-state index contributed by atoms with van der Waals surface area (Å²) in [4.78, 5) is 17.7. The predicted molar refractivity (Wildman–Crippen MR) is 120 cm³/mol. The zero-order chi connectivity index (χ0) is 21.3. The number of hydrogen-bond donors (Lipinski definition) is 2. The van der Waals surface area contributed by atoms with Gasteiger partial charge in [-0.2, -0.15) is 0 Å². The van der Waals surface area contributed by atoms with Gasteiger partial charge in [0.05, 0.1) is 13.2 Å². The first-order chi connectivity index (χ1) is 14.4. The molecular formula is C24H30N4O2. The van der Waals surface area contributed by atoms with E-state index < -0.39 is 0 Å². The van der Waals surface area contributed by atoms with Crippen molar-refractivity contribution in [1.29, 1.82) is 0 Å². The van der Waals surface area contributed by atoms with E-state index in [-0.39, 0.29) is 17.1 Å². The van der Waals surface area contributed by atoms with Gasteiger partial charge in [0, 0.05) is 72.6 Å². The average molecular weight is 407 g/mol. The quantitative estimate of drug-likeness (QED) is 0.570. The van der Waals surface area contributed by atoms with Crippen molar-refractivity contribution in [2.75, 3.05) is 26.8 Å². The van der Waals surface area contributed by atoms with Crippen LogP contribution in [0.1, 0.15) is 38.2 Å². The maximum atomic E-state index is 13.3. The Hall–Kier alpha value is -2.70. The number of aliphatic imine (C=N–C) groups is 1. The highest BCUT2D eigenvalue weighted by Crippen LogP contribution is 2.46. The maximum absolute atomic E-state index is 13.3. The molecule has 0 fully saturated rings. The van der Waals surface area contributed by atoms with Crippen LogP contribution in [0.25, 0.3) is 5.52 Å². The highest BCUT2D eigenvalue weighted by molar-refractivity contribution is 6.02. The molecule has 0 radical (unpaired) electrons. The van der Waals surface area contributed by atoms with Gasteiger partial charge in [-0.25, -0.2) is 0 Å². The number of nitrogens with one attached hydrogen (secondary N) is 1. The Kier molecular flexibility index (Phi) is 5.62. The molecule has 1 atom stereocenters. The Morgan fingerprint density at radius 2 is 2.17 bits per heavy atom. The van der Waals surface area contributed by atoms with Gasteiger partial charge >= 0.3 is 0 Å². The molecule has 3 heterocycles. The van der Waals surface area contributed by atoms with Gasteiger partial charge in [0.25, 0.3) is 0 Å². The number of carbonyl (C=O) groups is 1. The van der Waals surface area contributed by atoms with Crippen LogP contribution in [-0.2, 0) is 9.53 Å². The molecule has 2 aromatic heterocycles. The summed E-state index contributed by atoms with van der Waals surface area (Å²) in [7, 11) is 1.76. The summed E-state index contributed by atoms with van der Waals surface area (Å²) in [5, 5.41) is 3.54. The summed E-state index contributed by atoms with van der Waals surface area (Å²) >= 11 is 0. The first-order valence-corrected chi connectivity index (χ1v) is 10.5. The third-order valence-electron chi connectivity index (χ3n) is 5.83. The molecule has 1 aliphatic carbocycles. The highest BCUT2D eigenvalue weighted by Gasteiger charge is 2.41. The van der Waals surface area contributed by atoms with Crippen molar-refractivity contribution in [3.05, 3.63) is 64.8 Å². The van der Waals surface area contributed by atoms with Gasteiger partial charge < -0.3 is 20.2 Å². The van der Waals surface area contributed by atoms with Gasteiger partial charge in [-0.1, -0.05) is 13.8 Å². The second-order valence-corrected chi connectivity index (χ2v) is 8.85. The molecule has 6 nitrogen and oxygen atoms in total. The van der Waals surface area contributed by atoms with E-state index in [1.165, 1.54) is 0 Å². The van der Waals surface area contributed by atoms with E-state index in [0.717, 1.165) is 40.0 Å². The second kappa shape index (κ2) is 8.20. The molecule has 30 heavy (non-hydrogen) atoms. The number of dihydropyridines is 1. The fourth-order valence-electron chi connectivity index (χ4n) is 4.61. The number of rotatable bonds is 6. The lowest BCUT2D eigenvalue weighted by Crippen LogP contribution is -2.39. The number of aromatic nitrogens is 1. The van der Waals surface area contributed by atoms with Crippen LogP contribution in [0.15, 0.2) is 64.2 Å². The standard InChI is InChI=1S/C24H30N4O2/c1-24(2)12-19-23(21(29)13-24)22(16-6-9-28-8-4-5-17(28)11-16)18(14-26-3)20(27-19)15-30-10-7-25/h4-6,8-9,11,14,22,27H,7,10,12-13,15,25H2,1-3H3. The number of ether oxygens (including phenoxy) is 1. The minimum atomic E-state index is -0.162. The molecule has 1 aliphatic heterocycles. The van der Waals surface area contributed by atoms with E-state index in [1.54, 1.807) is 7.05 Å². The van der Waals surface area contributed by atoms with Crippen LogP contribution >= 0.6 is 0 Å². The van der Waals surface area contributed by atoms with Gasteiger partial charge in [0.1, 0.15) is 0 Å². The molecule has 0 amide bonds. The van der Waals surface area contributed by atoms with Crippen LogP contribution in [0.4, 0.5) is 0 Å². The monoisotopic (exact) mass is 406 g/mol. The number of hydrogen-bond acceptors (Lipinski definition) is 5. The Balaban J connectivity index is 1.87. The lowest BCUT2D eigenvalue weighted by Gasteiger charge is -2.40. The molecule has 2 aliphatic rings. The van der Waals surface area contributed by atoms with Gasteiger partial charge in [-0.15, -0.1) is 0 Å². The smallest absolute Gasteiger partial charge is 0.162 e. The summed E-state index contributed by atoms with van der Waals surface area (Å²) < 4.78 is 7.86. The van der Waals surface area contributed by atoms with Crippen molar-refractivity contribution in [1.82, 2.24) is 9.72 Å². The van der Waals surface area contributed by atoms with Gasteiger partial charge in [0.2, 0.25) is 0 Å². The molecule has 0 aromatic carbocycles. The zero-order valence-corrected chi connectivity index (χ0v) is 17.9. The largest absolute Gasteiger partial charge is 0.374 e. The topological polar surface area (TPSA) is 81.1 Å². The molecular weight excluding hydrogens is 376 g/mol. The molecule has 3 N–H and O–H groups in total. The molecule has 4 rings (SSSR count). The highest BCUT2D eigenvalue weighted by atomic mass is 16.5. The summed E-state index contributed by atoms with van der Waals surface area (Å²) in [6, 6.07) is 8.36. The SMILES string of the molecule is CN=CC1=C(COCCN)NC2=C(C(=O)CC(C)(C)C2)C1c1ccn2cccc2c1. The van der Waals surface area contributed by atoms with Crippen molar-refractivity contribution in [2.24, 2.45) is 16.1 Å². The van der Waals surface area contributed by atoms with E-state index in [4.69, 9.17) is 10.5 Å². The molecule has 6 heteroatoms. The number of ketones is 1. The van der Waals surface area contributed by atoms with E-state index in [1.807, 2.05) is 18.5 Å². The number of carbonyl (C=O) groups excluding carboxylic acids is 1. The van der Waals surface area contributed by atoms with Crippen LogP contribution in [0, 0.1) is 5.41 Å². The average Bonchev–Trinajstić information content (AvgIpc) is 3.16. The van der Waals surface area contributed by atoms with Crippen molar-refractivity contribution in [3.63, 3.8) is 0 Å². The van der Waals surface area contributed by atoms with Crippen LogP contribution in [0.5, 0.6) is 0 Å². The van der Waals surface area contributed by atoms with E-state index in [2.05, 4.69) is 53.0 Å². The lowest BCUT2D eigenvalue weighted by molar-refractivity contribution is -0.118. The number of fused-ring (bicyclic) bond motifs is 1. The van der Waals surface area contributed by atoms with Gasteiger partial charge in [-0.3, -0.25) is 9.79 Å². The van der Waals surface area contributed by atoms with E-state index in [0.29, 0.717) is 26.2 Å². The number of allylic oxidation sites excluding steroid dienone is 3. The number of nitrogens with two attached hydrogens (primary N) is 1. The summed E-state index contributed by atoms with van der Waals surface area (Å²) in [5.41, 5.74) is 11.6. The van der Waals surface area contributed by atoms with Crippen LogP contribution < -0.4 is 11.1 Å². The van der Waals surface area contributed by atoms with E-state index >= 15 is 0 Å². The van der Waals surface area contributed by atoms with Crippen LogP contribution in [-0.4, -0.2) is 43.2 Å². The Morgan fingerprint density at radius 3 is 2.93 bits per heavy atom. The normalized spacial score (nSPS) is 21.5. The number of Topliss-reactive ketones (excluding diaryl/α,β-unsaturated/α-hetero) is 1. The first-order valence-electron chi connectivity index (χ1n) is 10.5. The fourth-order valence-corrected chi connectivity index (χ4v) is 4.61. The first kappa shape index (κ1) is 20.6. The predicted octanol–water partition coefficient (Wildman–Crippen LogP) is 3.20. The maximum Gasteiger partial charge on any atom is 0.162 e. The second-order valence-electron chi connectivity index (χ2n) is 8.85. The molecule has 0 spiro atoms. The molecule has 0 bridgehead atoms. The molecule has 0 saturated carbocycles. The van der Waals surface area contributed by atoms with Gasteiger partial charge in [0.15, 0.2) is 5.78 Å². The van der Waals surface area contributed by atoms with Crippen LogP contribution in [0.3, 0.4) is 0 Å².